The van der Waals surface area contributed by atoms with Crippen LogP contribution in [-0.4, -0.2) is 31.0 Å². The van der Waals surface area contributed by atoms with E-state index >= 15 is 0 Å². The average molecular weight is 399 g/mol. The minimum absolute atomic E-state index is 0.130. The zero-order valence-electron chi connectivity index (χ0n) is 17.6. The Hall–Kier alpha value is -2.40. The van der Waals surface area contributed by atoms with Crippen LogP contribution >= 0.6 is 0 Å². The Morgan fingerprint density at radius 2 is 1.69 bits per heavy atom. The lowest BCUT2D eigenvalue weighted by atomic mass is 9.91. The van der Waals surface area contributed by atoms with Gasteiger partial charge in [0.25, 0.3) is 0 Å². The molecule has 0 bridgehead atoms. The Morgan fingerprint density at radius 3 is 2.31 bits per heavy atom. The lowest BCUT2D eigenvalue weighted by Gasteiger charge is -2.35. The normalized spacial score (nSPS) is 19.7. The summed E-state index contributed by atoms with van der Waals surface area (Å²) in [7, 11) is 1.42. The minimum Gasteiger partial charge on any atom is -0.494 e. The van der Waals surface area contributed by atoms with E-state index in [0.717, 1.165) is 37.0 Å². The van der Waals surface area contributed by atoms with Crippen LogP contribution in [0.4, 0.5) is 4.39 Å². The minimum atomic E-state index is -0.453. The van der Waals surface area contributed by atoms with Crippen molar-refractivity contribution in [2.24, 2.45) is 11.8 Å². The highest BCUT2D eigenvalue weighted by molar-refractivity contribution is 5.78. The van der Waals surface area contributed by atoms with E-state index in [1.165, 1.54) is 25.2 Å². The summed E-state index contributed by atoms with van der Waals surface area (Å²) in [5.74, 6) is 1.11. The molecule has 3 rings (SSSR count). The molecule has 1 aliphatic rings. The summed E-state index contributed by atoms with van der Waals surface area (Å²) in [4.78, 5) is 14.7. The molecule has 1 fully saturated rings. The molecule has 1 amide bonds. The maximum absolute atomic E-state index is 13.7. The molecule has 0 aliphatic carbocycles. The van der Waals surface area contributed by atoms with Crippen LogP contribution in [-0.2, 0) is 24.3 Å². The van der Waals surface area contributed by atoms with Crippen molar-refractivity contribution in [3.8, 4) is 5.75 Å². The van der Waals surface area contributed by atoms with E-state index in [2.05, 4.69) is 48.3 Å². The first-order chi connectivity index (χ1) is 13.9. The maximum atomic E-state index is 13.7. The highest BCUT2D eigenvalue weighted by Crippen LogP contribution is 2.22. The van der Waals surface area contributed by atoms with Crippen molar-refractivity contribution in [3.05, 3.63) is 65.0 Å². The van der Waals surface area contributed by atoms with Crippen molar-refractivity contribution < 1.29 is 13.9 Å². The first-order valence-electron chi connectivity index (χ1n) is 10.3. The number of nitrogens with one attached hydrogen (secondary N) is 1. The van der Waals surface area contributed by atoms with Gasteiger partial charge in [0.1, 0.15) is 0 Å². The summed E-state index contributed by atoms with van der Waals surface area (Å²) in [5.41, 5.74) is 2.99. The summed E-state index contributed by atoms with van der Waals surface area (Å²) in [6, 6.07) is 13.0. The van der Waals surface area contributed by atoms with Crippen LogP contribution in [0, 0.1) is 17.7 Å². The lowest BCUT2D eigenvalue weighted by molar-refractivity contribution is -0.120. The molecule has 0 radical (unpaired) electrons. The quantitative estimate of drug-likeness (QED) is 0.761. The van der Waals surface area contributed by atoms with Gasteiger partial charge in [-0.2, -0.15) is 0 Å². The second-order valence-corrected chi connectivity index (χ2v) is 8.38. The summed E-state index contributed by atoms with van der Waals surface area (Å²) in [6.07, 6.45) is 1.46. The van der Waals surface area contributed by atoms with Crippen molar-refractivity contribution in [2.45, 2.75) is 39.8 Å². The molecule has 1 saturated heterocycles. The second kappa shape index (κ2) is 9.88. The number of benzene rings is 2. The molecule has 1 heterocycles. The SMILES string of the molecule is COc1ccc(CC(=O)NCc2ccc(CN3C[C@@H](C)C[C@H](C)C3)cc2)cc1F. The number of rotatable bonds is 7. The number of hydrogen-bond donors (Lipinski definition) is 1. The molecular formula is C24H31FN2O2. The zero-order chi connectivity index (χ0) is 20.8. The van der Waals surface area contributed by atoms with Crippen LogP contribution in [0.2, 0.25) is 0 Å². The van der Waals surface area contributed by atoms with Gasteiger partial charge in [-0.25, -0.2) is 4.39 Å². The molecule has 4 nitrogen and oxygen atoms in total. The number of nitrogens with zero attached hydrogens (tertiary/aromatic N) is 1. The van der Waals surface area contributed by atoms with Gasteiger partial charge >= 0.3 is 0 Å². The van der Waals surface area contributed by atoms with Crippen molar-refractivity contribution >= 4 is 5.91 Å². The lowest BCUT2D eigenvalue weighted by Crippen LogP contribution is -2.38. The third kappa shape index (κ3) is 6.29. The molecule has 0 spiro atoms. The molecule has 1 N–H and O–H groups in total. The Kier molecular flexibility index (Phi) is 7.26. The number of amides is 1. The molecule has 29 heavy (non-hydrogen) atoms. The van der Waals surface area contributed by atoms with Crippen molar-refractivity contribution in [3.63, 3.8) is 0 Å². The smallest absolute Gasteiger partial charge is 0.224 e. The maximum Gasteiger partial charge on any atom is 0.224 e. The first-order valence-corrected chi connectivity index (χ1v) is 10.3. The zero-order valence-corrected chi connectivity index (χ0v) is 17.6. The molecule has 0 saturated carbocycles. The predicted octanol–water partition coefficient (Wildman–Crippen LogP) is 4.17. The van der Waals surface area contributed by atoms with Crippen molar-refractivity contribution in [1.29, 1.82) is 0 Å². The molecule has 0 unspecified atom stereocenters. The highest BCUT2D eigenvalue weighted by atomic mass is 19.1. The van der Waals surface area contributed by atoms with Gasteiger partial charge in [-0.3, -0.25) is 9.69 Å². The Bertz CT molecular complexity index is 812. The van der Waals surface area contributed by atoms with E-state index in [4.69, 9.17) is 4.74 Å². The fourth-order valence-electron chi connectivity index (χ4n) is 4.21. The van der Waals surface area contributed by atoms with Gasteiger partial charge in [-0.05, 0) is 47.1 Å². The highest BCUT2D eigenvalue weighted by Gasteiger charge is 2.21. The molecule has 2 aromatic carbocycles. The van der Waals surface area contributed by atoms with Crippen LogP contribution in [0.15, 0.2) is 42.5 Å². The van der Waals surface area contributed by atoms with Crippen LogP contribution in [0.1, 0.15) is 37.0 Å². The summed E-state index contributed by atoms with van der Waals surface area (Å²) in [5, 5.41) is 2.90. The van der Waals surface area contributed by atoms with Gasteiger partial charge in [-0.1, -0.05) is 44.2 Å². The van der Waals surface area contributed by atoms with Crippen LogP contribution in [0.3, 0.4) is 0 Å². The topological polar surface area (TPSA) is 41.6 Å². The van der Waals surface area contributed by atoms with E-state index in [9.17, 15) is 9.18 Å². The van der Waals surface area contributed by atoms with Gasteiger partial charge in [0.05, 0.1) is 13.5 Å². The second-order valence-electron chi connectivity index (χ2n) is 8.38. The average Bonchev–Trinajstić information content (AvgIpc) is 2.67. The monoisotopic (exact) mass is 398 g/mol. The van der Waals surface area contributed by atoms with Gasteiger partial charge in [0.15, 0.2) is 11.6 Å². The summed E-state index contributed by atoms with van der Waals surface area (Å²) < 4.78 is 18.6. The summed E-state index contributed by atoms with van der Waals surface area (Å²) >= 11 is 0. The standard InChI is InChI=1S/C24H31FN2O2/c1-17-10-18(2)15-27(14-17)16-20-6-4-19(5-7-20)13-26-24(28)12-21-8-9-23(29-3)22(25)11-21/h4-9,11,17-18H,10,12-16H2,1-3H3,(H,26,28)/t17-,18-/m0/s1. The number of carbonyl (C=O) groups excluding carboxylic acids is 1. The molecule has 5 heteroatoms. The number of carbonyl (C=O) groups is 1. The van der Waals surface area contributed by atoms with E-state index in [1.54, 1.807) is 12.1 Å². The molecule has 0 aromatic heterocycles. The fraction of sp³-hybridized carbons (Fsp3) is 0.458. The van der Waals surface area contributed by atoms with Crippen LogP contribution in [0.25, 0.3) is 0 Å². The van der Waals surface area contributed by atoms with Crippen molar-refractivity contribution in [1.82, 2.24) is 10.2 Å². The number of halogens is 1. The summed E-state index contributed by atoms with van der Waals surface area (Å²) in [6.45, 7) is 8.42. The van der Waals surface area contributed by atoms with E-state index in [1.807, 2.05) is 0 Å². The largest absolute Gasteiger partial charge is 0.494 e. The fourth-order valence-corrected chi connectivity index (χ4v) is 4.21. The van der Waals surface area contributed by atoms with Gasteiger partial charge in [0.2, 0.25) is 5.91 Å². The number of likely N-dealkylation sites (tertiary alicyclic amines) is 1. The molecule has 1 aliphatic heterocycles. The number of hydrogen-bond acceptors (Lipinski definition) is 3. The van der Waals surface area contributed by atoms with Gasteiger partial charge in [0, 0.05) is 26.2 Å². The van der Waals surface area contributed by atoms with Gasteiger partial charge in [-0.15, -0.1) is 0 Å². The Balaban J connectivity index is 1.47. The first kappa shape index (κ1) is 21.3. The third-order valence-corrected chi connectivity index (χ3v) is 5.44. The third-order valence-electron chi connectivity index (χ3n) is 5.44. The molecule has 2 aromatic rings. The van der Waals surface area contributed by atoms with Crippen LogP contribution < -0.4 is 10.1 Å². The number of ether oxygens (including phenoxy) is 1. The van der Waals surface area contributed by atoms with Gasteiger partial charge < -0.3 is 10.1 Å². The predicted molar refractivity (Wildman–Crippen MR) is 113 cm³/mol. The van der Waals surface area contributed by atoms with Crippen molar-refractivity contribution in [2.75, 3.05) is 20.2 Å². The molecule has 156 valence electrons. The van der Waals surface area contributed by atoms with Crippen LogP contribution in [0.5, 0.6) is 5.75 Å². The number of piperidine rings is 1. The molecule has 2 atom stereocenters. The van der Waals surface area contributed by atoms with E-state index in [0.29, 0.717) is 12.1 Å². The number of methoxy groups -OCH3 is 1. The van der Waals surface area contributed by atoms with E-state index < -0.39 is 5.82 Å². The van der Waals surface area contributed by atoms with E-state index in [-0.39, 0.29) is 18.1 Å². The Labute approximate surface area is 173 Å². The Morgan fingerprint density at radius 1 is 1.07 bits per heavy atom. The molecular weight excluding hydrogens is 367 g/mol.